The average molecular weight is 261 g/mol. The summed E-state index contributed by atoms with van der Waals surface area (Å²) in [5.41, 5.74) is 8.30. The van der Waals surface area contributed by atoms with E-state index in [2.05, 4.69) is 16.8 Å². The molecular formula is C16H23NS. The van der Waals surface area contributed by atoms with Gasteiger partial charge in [0.25, 0.3) is 0 Å². The van der Waals surface area contributed by atoms with Gasteiger partial charge in [-0.05, 0) is 90.6 Å². The molecule has 0 aliphatic heterocycles. The van der Waals surface area contributed by atoms with Crippen LogP contribution in [0.2, 0.25) is 0 Å². The van der Waals surface area contributed by atoms with Crippen LogP contribution in [0.15, 0.2) is 16.8 Å². The first-order valence-corrected chi connectivity index (χ1v) is 8.45. The lowest BCUT2D eigenvalue weighted by Crippen LogP contribution is -2.50. The second-order valence-electron chi connectivity index (χ2n) is 7.12. The van der Waals surface area contributed by atoms with Gasteiger partial charge in [-0.2, -0.15) is 11.3 Å². The van der Waals surface area contributed by atoms with Crippen molar-refractivity contribution >= 4 is 11.3 Å². The van der Waals surface area contributed by atoms with E-state index >= 15 is 0 Å². The van der Waals surface area contributed by atoms with E-state index in [9.17, 15) is 0 Å². The van der Waals surface area contributed by atoms with Crippen LogP contribution < -0.4 is 5.73 Å². The summed E-state index contributed by atoms with van der Waals surface area (Å²) < 4.78 is 0. The smallest absolute Gasteiger partial charge is 0.00262 e. The molecule has 1 nitrogen and oxygen atoms in total. The summed E-state index contributed by atoms with van der Waals surface area (Å²) in [5, 5.41) is 4.56. The van der Waals surface area contributed by atoms with Crippen LogP contribution in [0.3, 0.4) is 0 Å². The Bertz CT molecular complexity index is 387. The molecule has 4 fully saturated rings. The molecule has 4 aliphatic rings. The number of hydrogen-bond acceptors (Lipinski definition) is 2. The maximum absolute atomic E-state index is 6.19. The minimum atomic E-state index is 0.574. The Kier molecular flexibility index (Phi) is 2.60. The summed E-state index contributed by atoms with van der Waals surface area (Å²) in [4.78, 5) is 0. The molecule has 0 saturated heterocycles. The normalized spacial score (nSPS) is 43.3. The van der Waals surface area contributed by atoms with E-state index in [0.717, 1.165) is 24.3 Å². The predicted octanol–water partition coefficient (Wildman–Crippen LogP) is 4.01. The summed E-state index contributed by atoms with van der Waals surface area (Å²) in [6, 6.07) is 2.32. The van der Waals surface area contributed by atoms with E-state index in [0.29, 0.717) is 11.3 Å². The minimum Gasteiger partial charge on any atom is -0.330 e. The van der Waals surface area contributed by atoms with Gasteiger partial charge < -0.3 is 5.73 Å². The molecule has 1 aromatic heterocycles. The third-order valence-electron chi connectivity index (χ3n) is 6.01. The molecule has 98 valence electrons. The highest BCUT2D eigenvalue weighted by Gasteiger charge is 2.53. The molecule has 1 aromatic rings. The van der Waals surface area contributed by atoms with Crippen LogP contribution in [0.5, 0.6) is 0 Å². The lowest BCUT2D eigenvalue weighted by molar-refractivity contribution is -0.0670. The maximum atomic E-state index is 6.19. The molecule has 2 N–H and O–H groups in total. The van der Waals surface area contributed by atoms with Gasteiger partial charge in [-0.25, -0.2) is 0 Å². The first-order valence-electron chi connectivity index (χ1n) is 7.51. The Labute approximate surface area is 114 Å². The topological polar surface area (TPSA) is 26.0 Å². The molecule has 5 rings (SSSR count). The highest BCUT2D eigenvalue weighted by Crippen LogP contribution is 2.64. The van der Waals surface area contributed by atoms with Crippen LogP contribution in [0.25, 0.3) is 0 Å². The van der Waals surface area contributed by atoms with Gasteiger partial charge in [0.15, 0.2) is 0 Å². The highest BCUT2D eigenvalue weighted by molar-refractivity contribution is 7.08. The van der Waals surface area contributed by atoms with Crippen molar-refractivity contribution in [2.45, 2.75) is 44.4 Å². The van der Waals surface area contributed by atoms with Crippen LogP contribution >= 0.6 is 11.3 Å². The Morgan fingerprint density at radius 3 is 2.22 bits per heavy atom. The maximum Gasteiger partial charge on any atom is 0.00262 e. The molecule has 4 saturated carbocycles. The van der Waals surface area contributed by atoms with Crippen molar-refractivity contribution in [1.29, 1.82) is 0 Å². The van der Waals surface area contributed by atoms with Crippen LogP contribution in [0.4, 0.5) is 0 Å². The van der Waals surface area contributed by atoms with E-state index < -0.39 is 0 Å². The standard InChI is InChI=1S/C16H23NS/c17-9-15(14-1-2-18-10-14)16-6-11-3-12(7-16)5-13(4-11)8-16/h1-2,10-13,15H,3-9,17H2. The second-order valence-corrected chi connectivity index (χ2v) is 7.90. The molecule has 0 spiro atoms. The number of rotatable bonds is 3. The summed E-state index contributed by atoms with van der Waals surface area (Å²) in [6.07, 6.45) is 8.99. The molecule has 0 radical (unpaired) electrons. The molecule has 2 heteroatoms. The van der Waals surface area contributed by atoms with Crippen molar-refractivity contribution in [3.8, 4) is 0 Å². The van der Waals surface area contributed by atoms with E-state index in [4.69, 9.17) is 5.73 Å². The van der Waals surface area contributed by atoms with Gasteiger partial charge in [0, 0.05) is 5.92 Å². The molecule has 4 bridgehead atoms. The Hall–Kier alpha value is -0.340. The highest BCUT2D eigenvalue weighted by atomic mass is 32.1. The first kappa shape index (κ1) is 11.5. The fourth-order valence-corrected chi connectivity index (χ4v) is 6.53. The van der Waals surface area contributed by atoms with Crippen LogP contribution in [0, 0.1) is 23.2 Å². The SMILES string of the molecule is NCC(c1ccsc1)C12CC3CC(CC(C3)C1)C2. The lowest BCUT2D eigenvalue weighted by atomic mass is 9.46. The third kappa shape index (κ3) is 1.61. The van der Waals surface area contributed by atoms with Crippen molar-refractivity contribution in [3.05, 3.63) is 22.4 Å². The van der Waals surface area contributed by atoms with Crippen LogP contribution in [-0.2, 0) is 0 Å². The van der Waals surface area contributed by atoms with Crippen LogP contribution in [0.1, 0.15) is 50.0 Å². The quantitative estimate of drug-likeness (QED) is 0.874. The summed E-state index contributed by atoms with van der Waals surface area (Å²) >= 11 is 1.83. The second kappa shape index (κ2) is 4.08. The molecule has 1 heterocycles. The van der Waals surface area contributed by atoms with Gasteiger partial charge in [-0.3, -0.25) is 0 Å². The van der Waals surface area contributed by atoms with Gasteiger partial charge in [0.1, 0.15) is 0 Å². The predicted molar refractivity (Wildman–Crippen MR) is 76.7 cm³/mol. The van der Waals surface area contributed by atoms with Crippen molar-refractivity contribution in [2.24, 2.45) is 28.9 Å². The van der Waals surface area contributed by atoms with Gasteiger partial charge in [-0.1, -0.05) is 0 Å². The molecule has 1 unspecified atom stereocenters. The molecule has 4 aliphatic carbocycles. The first-order chi connectivity index (χ1) is 8.79. The average Bonchev–Trinajstić information content (AvgIpc) is 2.81. The van der Waals surface area contributed by atoms with Crippen molar-refractivity contribution < 1.29 is 0 Å². The monoisotopic (exact) mass is 261 g/mol. The van der Waals surface area contributed by atoms with E-state index in [1.165, 1.54) is 44.1 Å². The van der Waals surface area contributed by atoms with Crippen molar-refractivity contribution in [3.63, 3.8) is 0 Å². The lowest BCUT2D eigenvalue weighted by Gasteiger charge is -2.59. The fraction of sp³-hybridized carbons (Fsp3) is 0.750. The van der Waals surface area contributed by atoms with E-state index in [1.54, 1.807) is 0 Å². The molecule has 0 amide bonds. The molecule has 1 atom stereocenters. The van der Waals surface area contributed by atoms with Gasteiger partial charge in [0.05, 0.1) is 0 Å². The Morgan fingerprint density at radius 2 is 1.78 bits per heavy atom. The zero-order valence-electron chi connectivity index (χ0n) is 11.0. The van der Waals surface area contributed by atoms with Crippen molar-refractivity contribution in [2.75, 3.05) is 6.54 Å². The fourth-order valence-electron chi connectivity index (χ4n) is 5.82. The molecule has 18 heavy (non-hydrogen) atoms. The third-order valence-corrected chi connectivity index (χ3v) is 6.71. The van der Waals surface area contributed by atoms with Gasteiger partial charge in [-0.15, -0.1) is 0 Å². The van der Waals surface area contributed by atoms with E-state index in [1.807, 2.05) is 11.3 Å². The van der Waals surface area contributed by atoms with Crippen molar-refractivity contribution in [1.82, 2.24) is 0 Å². The minimum absolute atomic E-state index is 0.574. The number of hydrogen-bond donors (Lipinski definition) is 1. The number of thiophene rings is 1. The zero-order valence-corrected chi connectivity index (χ0v) is 11.8. The van der Waals surface area contributed by atoms with Gasteiger partial charge >= 0.3 is 0 Å². The molecule has 0 aromatic carbocycles. The summed E-state index contributed by atoms with van der Waals surface area (Å²) in [7, 11) is 0. The Balaban J connectivity index is 1.70. The Morgan fingerprint density at radius 1 is 1.17 bits per heavy atom. The van der Waals surface area contributed by atoms with Crippen LogP contribution in [-0.4, -0.2) is 6.54 Å². The van der Waals surface area contributed by atoms with Gasteiger partial charge in [0.2, 0.25) is 0 Å². The zero-order chi connectivity index (χ0) is 12.2. The summed E-state index contributed by atoms with van der Waals surface area (Å²) in [6.45, 7) is 0.850. The largest absolute Gasteiger partial charge is 0.330 e. The summed E-state index contributed by atoms with van der Waals surface area (Å²) in [5.74, 6) is 3.73. The molecular weight excluding hydrogens is 238 g/mol. The number of nitrogens with two attached hydrogens (primary N) is 1. The van der Waals surface area contributed by atoms with E-state index in [-0.39, 0.29) is 0 Å².